The number of anilines is 2. The highest BCUT2D eigenvalue weighted by Gasteiger charge is 2.29. The summed E-state index contributed by atoms with van der Waals surface area (Å²) in [6.07, 6.45) is 2.77. The van der Waals surface area contributed by atoms with Crippen LogP contribution in [0.3, 0.4) is 0 Å². The van der Waals surface area contributed by atoms with Gasteiger partial charge in [0.05, 0.1) is 20.5 Å². The average molecular weight is 436 g/mol. The first kappa shape index (κ1) is 21.3. The topological polar surface area (TPSA) is 114 Å². The molecule has 0 atom stereocenters. The molecule has 1 saturated heterocycles. The van der Waals surface area contributed by atoms with Gasteiger partial charge in [0.1, 0.15) is 6.07 Å². The van der Waals surface area contributed by atoms with Crippen molar-refractivity contribution in [1.82, 2.24) is 4.98 Å². The second kappa shape index (κ2) is 9.06. The fourth-order valence-corrected chi connectivity index (χ4v) is 3.80. The molecule has 2 aromatic heterocycles. The number of carbonyl (C=O) groups excluding carboxylic acids is 1. The molecule has 9 nitrogen and oxygen atoms in total. The molecule has 166 valence electrons. The molecular weight excluding hydrogens is 412 g/mol. The second-order valence-corrected chi connectivity index (χ2v) is 7.53. The van der Waals surface area contributed by atoms with Crippen molar-refractivity contribution in [1.29, 1.82) is 5.26 Å². The molecule has 0 spiro atoms. The number of aryl methyl sites for hydroxylation is 1. The molecule has 1 aliphatic rings. The maximum absolute atomic E-state index is 12.9. The number of nitriles is 1. The van der Waals surface area contributed by atoms with Crippen molar-refractivity contribution in [2.75, 3.05) is 37.5 Å². The Balaban J connectivity index is 1.42. The van der Waals surface area contributed by atoms with E-state index in [4.69, 9.17) is 18.3 Å². The molecule has 1 aliphatic heterocycles. The molecule has 1 N–H and O–H groups in total. The number of oxazole rings is 1. The molecule has 0 radical (unpaired) electrons. The summed E-state index contributed by atoms with van der Waals surface area (Å²) in [5, 5.41) is 12.5. The molecule has 32 heavy (non-hydrogen) atoms. The Bertz CT molecular complexity index is 1140. The van der Waals surface area contributed by atoms with Crippen LogP contribution in [0.25, 0.3) is 11.7 Å². The summed E-state index contributed by atoms with van der Waals surface area (Å²) in [4.78, 5) is 19.1. The number of furan rings is 1. The van der Waals surface area contributed by atoms with Crippen LogP contribution in [-0.2, 0) is 4.79 Å². The van der Waals surface area contributed by atoms with E-state index >= 15 is 0 Å². The first-order valence-electron chi connectivity index (χ1n) is 10.3. The number of nitrogens with zero attached hydrogens (tertiary/aromatic N) is 3. The number of hydrogen-bond donors (Lipinski definition) is 1. The number of benzene rings is 1. The average Bonchev–Trinajstić information content (AvgIpc) is 3.50. The lowest BCUT2D eigenvalue weighted by molar-refractivity contribution is -0.120. The van der Waals surface area contributed by atoms with Crippen molar-refractivity contribution in [3.63, 3.8) is 0 Å². The van der Waals surface area contributed by atoms with Crippen molar-refractivity contribution in [3.05, 3.63) is 41.8 Å². The van der Waals surface area contributed by atoms with Gasteiger partial charge in [-0.1, -0.05) is 0 Å². The van der Waals surface area contributed by atoms with Crippen LogP contribution in [0.5, 0.6) is 11.5 Å². The van der Waals surface area contributed by atoms with Gasteiger partial charge in [-0.15, -0.1) is 0 Å². The Morgan fingerprint density at radius 1 is 1.25 bits per heavy atom. The minimum atomic E-state index is -0.156. The zero-order chi connectivity index (χ0) is 22.7. The number of methoxy groups -OCH3 is 2. The van der Waals surface area contributed by atoms with E-state index in [1.165, 1.54) is 6.26 Å². The summed E-state index contributed by atoms with van der Waals surface area (Å²) in [5.41, 5.74) is 1.79. The Labute approximate surface area is 185 Å². The molecular formula is C23H24N4O5. The lowest BCUT2D eigenvalue weighted by Gasteiger charge is -2.31. The summed E-state index contributed by atoms with van der Waals surface area (Å²) in [6.45, 7) is 3.05. The van der Waals surface area contributed by atoms with Crippen molar-refractivity contribution < 1.29 is 23.1 Å². The number of carbonyl (C=O) groups is 1. The van der Waals surface area contributed by atoms with E-state index in [9.17, 15) is 10.1 Å². The van der Waals surface area contributed by atoms with Crippen LogP contribution >= 0.6 is 0 Å². The molecule has 0 saturated carbocycles. The smallest absolute Gasteiger partial charge is 0.266 e. The SMILES string of the molecule is COc1cc(C)c(NC(=O)C2CCN(c3oc(-c4ccco4)nc3C#N)CC2)cc1OC. The minimum absolute atomic E-state index is 0.0469. The number of ether oxygens (including phenoxy) is 2. The Morgan fingerprint density at radius 3 is 2.59 bits per heavy atom. The monoisotopic (exact) mass is 436 g/mol. The van der Waals surface area contributed by atoms with Crippen molar-refractivity contribution >= 4 is 17.5 Å². The van der Waals surface area contributed by atoms with Crippen LogP contribution in [0.1, 0.15) is 24.1 Å². The lowest BCUT2D eigenvalue weighted by Crippen LogP contribution is -2.38. The molecule has 3 heterocycles. The van der Waals surface area contributed by atoms with Crippen LogP contribution in [0.15, 0.2) is 39.4 Å². The zero-order valence-electron chi connectivity index (χ0n) is 18.2. The highest BCUT2D eigenvalue weighted by atomic mass is 16.5. The lowest BCUT2D eigenvalue weighted by atomic mass is 9.95. The van der Waals surface area contributed by atoms with E-state index < -0.39 is 0 Å². The fourth-order valence-electron chi connectivity index (χ4n) is 3.80. The number of hydrogen-bond acceptors (Lipinski definition) is 8. The number of piperidine rings is 1. The van der Waals surface area contributed by atoms with Crippen molar-refractivity contribution in [3.8, 4) is 29.2 Å². The number of aromatic nitrogens is 1. The van der Waals surface area contributed by atoms with Crippen LogP contribution in [0.2, 0.25) is 0 Å². The maximum Gasteiger partial charge on any atom is 0.266 e. The van der Waals surface area contributed by atoms with Gasteiger partial charge < -0.3 is 28.5 Å². The number of nitrogens with one attached hydrogen (secondary N) is 1. The standard InChI is InChI=1S/C23H24N4O5/c1-14-11-19(29-2)20(30-3)12-16(14)25-21(28)15-6-8-27(9-7-15)23-17(13-24)26-22(32-23)18-5-4-10-31-18/h4-5,10-12,15H,6-9H2,1-3H3,(H,25,28). The quantitative estimate of drug-likeness (QED) is 0.617. The Hall–Kier alpha value is -3.93. The van der Waals surface area contributed by atoms with Crippen LogP contribution in [0.4, 0.5) is 11.6 Å². The molecule has 0 bridgehead atoms. The maximum atomic E-state index is 12.9. The van der Waals surface area contributed by atoms with Gasteiger partial charge >= 0.3 is 0 Å². The molecule has 1 fully saturated rings. The third-order valence-corrected chi connectivity index (χ3v) is 5.59. The molecule has 0 unspecified atom stereocenters. The van der Waals surface area contributed by atoms with Crippen LogP contribution < -0.4 is 19.7 Å². The van der Waals surface area contributed by atoms with Gasteiger partial charge in [0.2, 0.25) is 17.5 Å². The Morgan fingerprint density at radius 2 is 1.97 bits per heavy atom. The highest BCUT2D eigenvalue weighted by molar-refractivity contribution is 5.93. The highest BCUT2D eigenvalue weighted by Crippen LogP contribution is 2.34. The van der Waals surface area contributed by atoms with Crippen LogP contribution in [-0.4, -0.2) is 38.2 Å². The van der Waals surface area contributed by atoms with Gasteiger partial charge in [-0.25, -0.2) is 0 Å². The molecule has 4 rings (SSSR count). The summed E-state index contributed by atoms with van der Waals surface area (Å²) >= 11 is 0. The summed E-state index contributed by atoms with van der Waals surface area (Å²) < 4.78 is 21.8. The molecule has 9 heteroatoms. The van der Waals surface area contributed by atoms with E-state index in [2.05, 4.69) is 16.4 Å². The largest absolute Gasteiger partial charge is 0.493 e. The Kier molecular flexibility index (Phi) is 6.03. The van der Waals surface area contributed by atoms with Gasteiger partial charge in [0, 0.05) is 30.8 Å². The van der Waals surface area contributed by atoms with E-state index in [1.54, 1.807) is 32.4 Å². The van der Waals surface area contributed by atoms with Crippen molar-refractivity contribution in [2.45, 2.75) is 19.8 Å². The summed E-state index contributed by atoms with van der Waals surface area (Å²) in [5.74, 6) is 2.12. The van der Waals surface area contributed by atoms with E-state index in [0.29, 0.717) is 54.8 Å². The predicted octanol–water partition coefficient (Wildman–Crippen LogP) is 3.99. The van der Waals surface area contributed by atoms with Crippen LogP contribution in [0, 0.1) is 24.2 Å². The first-order valence-corrected chi connectivity index (χ1v) is 10.3. The summed E-state index contributed by atoms with van der Waals surface area (Å²) in [7, 11) is 3.14. The van der Waals surface area contributed by atoms with Crippen molar-refractivity contribution in [2.24, 2.45) is 5.92 Å². The number of amides is 1. The van der Waals surface area contributed by atoms with E-state index in [-0.39, 0.29) is 23.4 Å². The number of rotatable bonds is 6. The molecule has 1 amide bonds. The van der Waals surface area contributed by atoms with Gasteiger partial charge in [-0.2, -0.15) is 10.2 Å². The second-order valence-electron chi connectivity index (χ2n) is 7.53. The summed E-state index contributed by atoms with van der Waals surface area (Å²) in [6, 6.07) is 9.14. The molecule has 1 aromatic carbocycles. The minimum Gasteiger partial charge on any atom is -0.493 e. The fraction of sp³-hybridized carbons (Fsp3) is 0.348. The van der Waals surface area contributed by atoms with E-state index in [1.807, 2.05) is 17.9 Å². The van der Waals surface area contributed by atoms with Gasteiger partial charge in [0.15, 0.2) is 17.3 Å². The predicted molar refractivity (Wildman–Crippen MR) is 117 cm³/mol. The first-order chi connectivity index (χ1) is 15.5. The van der Waals surface area contributed by atoms with E-state index in [0.717, 1.165) is 5.56 Å². The molecule has 0 aliphatic carbocycles. The van der Waals surface area contributed by atoms with Gasteiger partial charge in [-0.3, -0.25) is 4.79 Å². The third kappa shape index (κ3) is 4.12. The normalized spacial score (nSPS) is 14.1. The third-order valence-electron chi connectivity index (χ3n) is 5.59. The molecule has 3 aromatic rings. The van der Waals surface area contributed by atoms with Gasteiger partial charge in [-0.05, 0) is 43.5 Å². The van der Waals surface area contributed by atoms with Gasteiger partial charge in [0.25, 0.3) is 5.89 Å². The zero-order valence-corrected chi connectivity index (χ0v) is 18.2.